The lowest BCUT2D eigenvalue weighted by molar-refractivity contribution is 0.0296. The summed E-state index contributed by atoms with van der Waals surface area (Å²) in [7, 11) is 5.77. The van der Waals surface area contributed by atoms with E-state index in [1.807, 2.05) is 51.9 Å². The highest BCUT2D eigenvalue weighted by Gasteiger charge is 2.20. The highest BCUT2D eigenvalue weighted by Crippen LogP contribution is 2.24. The van der Waals surface area contributed by atoms with Crippen LogP contribution < -0.4 is 4.90 Å². The van der Waals surface area contributed by atoms with Crippen LogP contribution >= 0.6 is 0 Å². The summed E-state index contributed by atoms with van der Waals surface area (Å²) in [6, 6.07) is 0. The van der Waals surface area contributed by atoms with Crippen LogP contribution in [0.5, 0.6) is 0 Å². The van der Waals surface area contributed by atoms with Gasteiger partial charge in [0.05, 0.1) is 0 Å². The van der Waals surface area contributed by atoms with Crippen LogP contribution in [0.3, 0.4) is 0 Å². The topological polar surface area (TPSA) is 58.6 Å². The van der Waals surface area contributed by atoms with Gasteiger partial charge in [-0.2, -0.15) is 0 Å². The average Bonchev–Trinajstić information content (AvgIpc) is 2.71. The van der Waals surface area contributed by atoms with Crippen LogP contribution in [0.1, 0.15) is 64.0 Å². The van der Waals surface area contributed by atoms with E-state index >= 15 is 0 Å². The van der Waals surface area contributed by atoms with Crippen molar-refractivity contribution in [2.45, 2.75) is 78.0 Å². The van der Waals surface area contributed by atoms with Crippen LogP contribution in [0.25, 0.3) is 0 Å². The van der Waals surface area contributed by atoms with Crippen LogP contribution in [0.4, 0.5) is 15.0 Å². The first-order valence-corrected chi connectivity index (χ1v) is 11.5. The maximum atomic E-state index is 13.4. The fraction of sp³-hybridized carbons (Fsp3) is 0.640. The Morgan fingerprint density at radius 1 is 1.22 bits per heavy atom. The highest BCUT2D eigenvalue weighted by atomic mass is 19.1. The highest BCUT2D eigenvalue weighted by molar-refractivity contribution is 5.67. The molecule has 0 bridgehead atoms. The van der Waals surface area contributed by atoms with E-state index in [1.165, 1.54) is 0 Å². The summed E-state index contributed by atoms with van der Waals surface area (Å²) in [5.74, 6) is 1.71. The molecule has 1 amide bonds. The van der Waals surface area contributed by atoms with Gasteiger partial charge in [-0.25, -0.2) is 19.2 Å². The molecule has 178 valence electrons. The first kappa shape index (κ1) is 25.8. The number of carbonyl (C=O) groups excluding carboxylic acids is 1. The third-order valence-corrected chi connectivity index (χ3v) is 5.24. The third kappa shape index (κ3) is 7.92. The number of ether oxygens (including phenoxy) is 1. The number of halogens is 1. The van der Waals surface area contributed by atoms with Gasteiger partial charge in [0, 0.05) is 51.8 Å². The van der Waals surface area contributed by atoms with Gasteiger partial charge in [0.2, 0.25) is 0 Å². The van der Waals surface area contributed by atoms with Crippen molar-refractivity contribution in [1.82, 2.24) is 14.9 Å². The number of unbranched alkanes of at least 4 members (excludes halogenated alkanes) is 1. The van der Waals surface area contributed by atoms with Crippen LogP contribution in [-0.2, 0) is 24.0 Å². The average molecular weight is 447 g/mol. The van der Waals surface area contributed by atoms with E-state index in [0.29, 0.717) is 19.4 Å². The van der Waals surface area contributed by atoms with E-state index in [-0.39, 0.29) is 6.09 Å². The van der Waals surface area contributed by atoms with E-state index in [2.05, 4.69) is 6.92 Å². The summed E-state index contributed by atoms with van der Waals surface area (Å²) in [5, 5.41) is 0. The third-order valence-electron chi connectivity index (χ3n) is 5.24. The molecule has 1 atom stereocenters. The number of anilines is 1. The molecule has 1 aliphatic carbocycles. The number of hydrogen-bond donors (Lipinski definition) is 0. The fourth-order valence-corrected chi connectivity index (χ4v) is 3.60. The molecule has 6 nitrogen and oxygen atoms in total. The van der Waals surface area contributed by atoms with Crippen molar-refractivity contribution in [3.63, 3.8) is 0 Å². The van der Waals surface area contributed by atoms with Crippen molar-refractivity contribution in [3.8, 4) is 0 Å². The number of aryl methyl sites for hydroxylation is 1. The maximum absolute atomic E-state index is 13.4. The number of aromatic nitrogens is 2. The lowest BCUT2D eigenvalue weighted by Crippen LogP contribution is -2.34. The molecule has 0 aromatic carbocycles. The zero-order valence-corrected chi connectivity index (χ0v) is 20.7. The van der Waals surface area contributed by atoms with Crippen molar-refractivity contribution in [1.29, 1.82) is 0 Å². The van der Waals surface area contributed by atoms with Gasteiger partial charge in [-0.1, -0.05) is 25.2 Å². The molecule has 0 radical (unpaired) electrons. The minimum atomic E-state index is -0.889. The summed E-state index contributed by atoms with van der Waals surface area (Å²) in [6.07, 6.45) is 8.70. The molecule has 1 unspecified atom stereocenters. The summed E-state index contributed by atoms with van der Waals surface area (Å²) in [4.78, 5) is 25.5. The largest absolute Gasteiger partial charge is 0.444 e. The molecule has 0 fully saturated rings. The smallest absolute Gasteiger partial charge is 0.410 e. The van der Waals surface area contributed by atoms with Crippen LogP contribution in [0.2, 0.25) is 0 Å². The second-order valence-electron chi connectivity index (χ2n) is 9.56. The van der Waals surface area contributed by atoms with Crippen LogP contribution in [0.15, 0.2) is 23.8 Å². The van der Waals surface area contributed by atoms with Gasteiger partial charge in [0.15, 0.2) is 0 Å². The molecule has 1 aromatic rings. The van der Waals surface area contributed by atoms with Crippen LogP contribution in [0, 0.1) is 0 Å². The van der Waals surface area contributed by atoms with Gasteiger partial charge in [-0.3, -0.25) is 0 Å². The number of hydrogen-bond acceptors (Lipinski definition) is 5. The summed E-state index contributed by atoms with van der Waals surface area (Å²) < 4.78 is 18.8. The molecule has 0 saturated heterocycles. The fourth-order valence-electron chi connectivity index (χ4n) is 3.60. The van der Waals surface area contributed by atoms with Gasteiger partial charge in [-0.05, 0) is 52.0 Å². The normalized spacial score (nSPS) is 16.0. The Bertz CT molecular complexity index is 843. The van der Waals surface area contributed by atoms with Gasteiger partial charge in [-0.15, -0.1) is 0 Å². The molecule has 1 aromatic heterocycles. The van der Waals surface area contributed by atoms with Gasteiger partial charge < -0.3 is 14.5 Å². The standard InChI is InChI=1S/C25H39FN4O2/c1-8-21-20(11-9-10-16-30(7)24(31)32-25(2,3)4)23(29(5)6)28-22(27-21)17-18-12-14-19(26)15-13-18/h12-14,19H,8-11,15-17H2,1-7H3. The second kappa shape index (κ2) is 11.4. The molecule has 0 spiro atoms. The van der Waals surface area contributed by atoms with E-state index in [9.17, 15) is 9.18 Å². The molecule has 2 rings (SSSR count). The Morgan fingerprint density at radius 2 is 1.94 bits per heavy atom. The lowest BCUT2D eigenvalue weighted by Gasteiger charge is -2.24. The minimum Gasteiger partial charge on any atom is -0.444 e. The predicted octanol–water partition coefficient (Wildman–Crippen LogP) is 5.06. The van der Waals surface area contributed by atoms with Gasteiger partial charge in [0.1, 0.15) is 23.4 Å². The zero-order chi connectivity index (χ0) is 23.9. The van der Waals surface area contributed by atoms with E-state index in [4.69, 9.17) is 14.7 Å². The number of allylic oxidation sites excluding steroid dienone is 4. The summed E-state index contributed by atoms with van der Waals surface area (Å²) >= 11 is 0. The van der Waals surface area contributed by atoms with Gasteiger partial charge >= 0.3 is 6.09 Å². The van der Waals surface area contributed by atoms with Crippen molar-refractivity contribution >= 4 is 11.9 Å². The Balaban J connectivity index is 2.04. The molecule has 0 aliphatic heterocycles. The molecule has 0 N–H and O–H groups in total. The molecule has 32 heavy (non-hydrogen) atoms. The monoisotopic (exact) mass is 446 g/mol. The molecule has 1 aliphatic rings. The molecule has 0 saturated carbocycles. The predicted molar refractivity (Wildman–Crippen MR) is 128 cm³/mol. The van der Waals surface area contributed by atoms with Crippen LogP contribution in [-0.4, -0.2) is 60.4 Å². The van der Waals surface area contributed by atoms with Crippen molar-refractivity contribution < 1.29 is 13.9 Å². The number of nitrogens with zero attached hydrogens (tertiary/aromatic N) is 4. The summed E-state index contributed by atoms with van der Waals surface area (Å²) in [6.45, 7) is 8.37. The van der Waals surface area contributed by atoms with Crippen molar-refractivity contribution in [2.24, 2.45) is 0 Å². The minimum absolute atomic E-state index is 0.293. The van der Waals surface area contributed by atoms with E-state index in [0.717, 1.165) is 54.2 Å². The second-order valence-corrected chi connectivity index (χ2v) is 9.56. The van der Waals surface area contributed by atoms with Gasteiger partial charge in [0.25, 0.3) is 0 Å². The number of alkyl halides is 1. The Morgan fingerprint density at radius 3 is 2.50 bits per heavy atom. The molecular weight excluding hydrogens is 407 g/mol. The molecule has 1 heterocycles. The Hall–Kier alpha value is -2.44. The zero-order valence-electron chi connectivity index (χ0n) is 20.7. The first-order valence-electron chi connectivity index (χ1n) is 11.5. The molecule has 7 heteroatoms. The SMILES string of the molecule is CCc1nc(CC2=CCC(F)C=C2)nc(N(C)C)c1CCCCN(C)C(=O)OC(C)(C)C. The Kier molecular flexibility index (Phi) is 9.22. The number of carbonyl (C=O) groups is 1. The first-order chi connectivity index (χ1) is 15.0. The van der Waals surface area contributed by atoms with E-state index in [1.54, 1.807) is 18.0 Å². The van der Waals surface area contributed by atoms with E-state index < -0.39 is 11.8 Å². The summed E-state index contributed by atoms with van der Waals surface area (Å²) in [5.41, 5.74) is 2.79. The van der Waals surface area contributed by atoms with Crippen molar-refractivity contribution in [2.75, 3.05) is 32.6 Å². The lowest BCUT2D eigenvalue weighted by atomic mass is 10.0. The quantitative estimate of drug-likeness (QED) is 0.496. The van der Waals surface area contributed by atoms with Crippen molar-refractivity contribution in [3.05, 3.63) is 40.9 Å². The number of amides is 1. The maximum Gasteiger partial charge on any atom is 0.410 e. The Labute approximate surface area is 192 Å². The molecular formula is C25H39FN4O2. The number of rotatable bonds is 9.